The lowest BCUT2D eigenvalue weighted by atomic mass is 9.94. The van der Waals surface area contributed by atoms with Crippen LogP contribution in [0.5, 0.6) is 0 Å². The van der Waals surface area contributed by atoms with Gasteiger partial charge in [0.15, 0.2) is 5.17 Å². The second kappa shape index (κ2) is 5.80. The molecule has 2 atom stereocenters. The number of hydrogen-bond acceptors (Lipinski definition) is 3. The van der Waals surface area contributed by atoms with Crippen LogP contribution in [0.25, 0.3) is 0 Å². The normalized spacial score (nSPS) is 23.5. The molecule has 0 N–H and O–H groups in total. The van der Waals surface area contributed by atoms with Crippen molar-refractivity contribution < 1.29 is 0 Å². The number of hydrogen-bond donors (Lipinski definition) is 0. The fraction of sp³-hybridized carbons (Fsp3) is 0.235. The van der Waals surface area contributed by atoms with Gasteiger partial charge in [0.25, 0.3) is 0 Å². The molecule has 1 fully saturated rings. The first-order valence-corrected chi connectivity index (χ1v) is 8.95. The van der Waals surface area contributed by atoms with Crippen molar-refractivity contribution in [1.29, 1.82) is 0 Å². The molecule has 0 aliphatic carbocycles. The van der Waals surface area contributed by atoms with E-state index in [-0.39, 0.29) is 12.1 Å². The van der Waals surface area contributed by atoms with Gasteiger partial charge in [-0.15, -0.1) is 0 Å². The summed E-state index contributed by atoms with van der Waals surface area (Å²) in [5.41, 5.74) is 2.36. The highest BCUT2D eigenvalue weighted by molar-refractivity contribution is 8.14. The highest BCUT2D eigenvalue weighted by Gasteiger charge is 2.40. The van der Waals surface area contributed by atoms with Crippen LogP contribution in [0.1, 0.15) is 23.2 Å². The number of aliphatic imine (C=N–C) groups is 1. The molecule has 0 spiro atoms. The molecule has 2 aliphatic rings. The molecule has 1 saturated heterocycles. The predicted molar refractivity (Wildman–Crippen MR) is 95.0 cm³/mol. The van der Waals surface area contributed by atoms with E-state index in [9.17, 15) is 0 Å². The topological polar surface area (TPSA) is 15.6 Å². The molecule has 0 radical (unpaired) electrons. The van der Waals surface area contributed by atoms with E-state index >= 15 is 0 Å². The highest BCUT2D eigenvalue weighted by atomic mass is 35.5. The first-order valence-electron chi connectivity index (χ1n) is 7.20. The van der Waals surface area contributed by atoms with Gasteiger partial charge in [-0.25, -0.2) is 0 Å². The van der Waals surface area contributed by atoms with Crippen molar-refractivity contribution in [3.05, 3.63) is 69.7 Å². The first kappa shape index (κ1) is 14.4. The number of halogens is 2. The van der Waals surface area contributed by atoms with Gasteiger partial charge in [0.2, 0.25) is 0 Å². The van der Waals surface area contributed by atoms with E-state index in [1.165, 1.54) is 5.56 Å². The smallest absolute Gasteiger partial charge is 0.160 e. The molecule has 0 bridgehead atoms. The molecule has 0 aromatic heterocycles. The Kier molecular flexibility index (Phi) is 3.81. The summed E-state index contributed by atoms with van der Waals surface area (Å²) in [6, 6.07) is 16.4. The Bertz CT molecular complexity index is 747. The summed E-state index contributed by atoms with van der Waals surface area (Å²) in [7, 11) is 0. The number of rotatable bonds is 2. The van der Waals surface area contributed by atoms with Crippen LogP contribution in [-0.4, -0.2) is 22.4 Å². The van der Waals surface area contributed by atoms with E-state index in [2.05, 4.69) is 17.0 Å². The van der Waals surface area contributed by atoms with Gasteiger partial charge in [-0.2, -0.15) is 0 Å². The van der Waals surface area contributed by atoms with Crippen LogP contribution < -0.4 is 0 Å². The van der Waals surface area contributed by atoms with Crippen LogP contribution in [0, 0.1) is 0 Å². The Morgan fingerprint density at radius 3 is 2.41 bits per heavy atom. The fourth-order valence-electron chi connectivity index (χ4n) is 3.14. The minimum Gasteiger partial charge on any atom is -0.341 e. The second-order valence-electron chi connectivity index (χ2n) is 5.45. The third-order valence-electron chi connectivity index (χ3n) is 4.07. The highest BCUT2D eigenvalue weighted by Crippen LogP contribution is 2.46. The Morgan fingerprint density at radius 1 is 1.00 bits per heavy atom. The molecule has 0 amide bonds. The fourth-order valence-corrected chi connectivity index (χ4v) is 4.57. The zero-order valence-electron chi connectivity index (χ0n) is 11.7. The maximum atomic E-state index is 6.20. The van der Waals surface area contributed by atoms with Gasteiger partial charge in [-0.05, 0) is 35.4 Å². The van der Waals surface area contributed by atoms with Gasteiger partial charge in [0.1, 0.15) is 6.04 Å². The van der Waals surface area contributed by atoms with Crippen molar-refractivity contribution in [3.8, 4) is 0 Å². The molecule has 5 heteroatoms. The molecule has 2 nitrogen and oxygen atoms in total. The van der Waals surface area contributed by atoms with Crippen LogP contribution in [0.4, 0.5) is 0 Å². The van der Waals surface area contributed by atoms with E-state index in [1.807, 2.05) is 48.2 Å². The van der Waals surface area contributed by atoms with E-state index in [1.54, 1.807) is 0 Å². The lowest BCUT2D eigenvalue weighted by Crippen LogP contribution is -2.27. The summed E-state index contributed by atoms with van der Waals surface area (Å²) in [6.07, 6.45) is 0. The standard InChI is InChI=1S/C17H14Cl2N2S/c18-13-5-1-3-11(9-13)15-16(12-4-2-6-14(19)10-12)21-7-8-22-17(21)20-15/h1-6,9-10,15-16H,7-8H2. The first-order chi connectivity index (χ1) is 10.7. The molecular formula is C17H14Cl2N2S. The monoisotopic (exact) mass is 348 g/mol. The van der Waals surface area contributed by atoms with Gasteiger partial charge in [-0.3, -0.25) is 4.99 Å². The minimum absolute atomic E-state index is 0.0694. The average Bonchev–Trinajstić information content (AvgIpc) is 3.07. The maximum Gasteiger partial charge on any atom is 0.160 e. The molecule has 112 valence electrons. The molecule has 22 heavy (non-hydrogen) atoms. The lowest BCUT2D eigenvalue weighted by molar-refractivity contribution is 0.335. The quantitative estimate of drug-likeness (QED) is 0.741. The van der Waals surface area contributed by atoms with Crippen molar-refractivity contribution in [1.82, 2.24) is 4.90 Å². The van der Waals surface area contributed by atoms with Gasteiger partial charge >= 0.3 is 0 Å². The summed E-state index contributed by atoms with van der Waals surface area (Å²) in [5, 5.41) is 2.65. The van der Waals surface area contributed by atoms with Crippen LogP contribution in [0.3, 0.4) is 0 Å². The SMILES string of the molecule is Clc1cccc(C2N=C3SCCN3C2c2cccc(Cl)c2)c1. The molecule has 2 unspecified atom stereocenters. The van der Waals surface area contributed by atoms with Gasteiger partial charge in [-0.1, -0.05) is 59.2 Å². The lowest BCUT2D eigenvalue weighted by Gasteiger charge is -2.27. The molecule has 2 aliphatic heterocycles. The van der Waals surface area contributed by atoms with Crippen LogP contribution in [0.2, 0.25) is 10.0 Å². The van der Waals surface area contributed by atoms with E-state index in [0.29, 0.717) is 0 Å². The summed E-state index contributed by atoms with van der Waals surface area (Å²) in [5.74, 6) is 1.10. The third kappa shape index (κ3) is 2.51. The zero-order valence-corrected chi connectivity index (χ0v) is 14.1. The Labute approximate surface area is 144 Å². The van der Waals surface area contributed by atoms with Gasteiger partial charge in [0.05, 0.1) is 6.04 Å². The number of thioether (sulfide) groups is 1. The number of amidine groups is 1. The molecule has 4 rings (SSSR count). The van der Waals surface area contributed by atoms with Gasteiger partial charge < -0.3 is 4.90 Å². The van der Waals surface area contributed by atoms with Crippen LogP contribution in [0.15, 0.2) is 53.5 Å². The van der Waals surface area contributed by atoms with Crippen molar-refractivity contribution in [2.24, 2.45) is 4.99 Å². The molecule has 0 saturated carbocycles. The predicted octanol–water partition coefficient (Wildman–Crippen LogP) is 5.19. The molecular weight excluding hydrogens is 335 g/mol. The molecule has 2 heterocycles. The van der Waals surface area contributed by atoms with Crippen molar-refractivity contribution >= 4 is 40.1 Å². The van der Waals surface area contributed by atoms with Crippen LogP contribution in [-0.2, 0) is 0 Å². The number of fused-ring (bicyclic) bond motifs is 1. The van der Waals surface area contributed by atoms with Crippen molar-refractivity contribution in [2.75, 3.05) is 12.3 Å². The minimum atomic E-state index is 0.0694. The summed E-state index contributed by atoms with van der Waals surface area (Å²) in [6.45, 7) is 1.03. The Balaban J connectivity index is 1.79. The molecule has 2 aromatic rings. The molecule has 2 aromatic carbocycles. The van der Waals surface area contributed by atoms with Crippen LogP contribution >= 0.6 is 35.0 Å². The number of nitrogens with zero attached hydrogens (tertiary/aromatic N) is 2. The average molecular weight is 349 g/mol. The second-order valence-corrected chi connectivity index (χ2v) is 7.39. The van der Waals surface area contributed by atoms with E-state index in [0.717, 1.165) is 33.1 Å². The summed E-state index contributed by atoms with van der Waals surface area (Å²) in [4.78, 5) is 7.34. The van der Waals surface area contributed by atoms with Crippen molar-refractivity contribution in [3.63, 3.8) is 0 Å². The maximum absolute atomic E-state index is 6.20. The Hall–Kier alpha value is -1.16. The summed E-state index contributed by atoms with van der Waals surface area (Å²) >= 11 is 14.2. The Morgan fingerprint density at radius 2 is 1.68 bits per heavy atom. The van der Waals surface area contributed by atoms with Crippen molar-refractivity contribution in [2.45, 2.75) is 12.1 Å². The third-order valence-corrected chi connectivity index (χ3v) is 5.53. The zero-order chi connectivity index (χ0) is 15.1. The largest absolute Gasteiger partial charge is 0.341 e. The van der Waals surface area contributed by atoms with Gasteiger partial charge in [0, 0.05) is 22.3 Å². The number of benzene rings is 2. The van der Waals surface area contributed by atoms with E-state index < -0.39 is 0 Å². The summed E-state index contributed by atoms with van der Waals surface area (Å²) < 4.78 is 0. The van der Waals surface area contributed by atoms with E-state index in [4.69, 9.17) is 28.2 Å².